The first kappa shape index (κ1) is 18.3. The Morgan fingerprint density at radius 1 is 1.29 bits per heavy atom. The summed E-state index contributed by atoms with van der Waals surface area (Å²) in [5.41, 5.74) is 5.65. The summed E-state index contributed by atoms with van der Waals surface area (Å²) in [7, 11) is 0. The molecular weight excluding hydrogens is 281 g/mol. The zero-order valence-corrected chi connectivity index (χ0v) is 13.1. The molecule has 1 amide bonds. The number of nitrogens with two attached hydrogens (primary N) is 1. The van der Waals surface area contributed by atoms with E-state index in [4.69, 9.17) is 5.73 Å². The Bertz CT molecular complexity index is 340. The van der Waals surface area contributed by atoms with Crippen molar-refractivity contribution in [3.05, 3.63) is 0 Å². The first-order valence-corrected chi connectivity index (χ1v) is 7.70. The molecule has 1 saturated carbocycles. The minimum Gasteiger partial charge on any atom is -0.331 e. The molecule has 0 bridgehead atoms. The first-order chi connectivity index (χ1) is 9.64. The standard InChI is InChI=1S/C15H27F3N2O/c1-10(2)6-12(8-19)7-14(21)20(9-15(16,17)18)11(3)13-4-5-13/h10-13H,4-9,19H2,1-3H3. The Kier molecular flexibility index (Phi) is 6.50. The minimum atomic E-state index is -4.35. The van der Waals surface area contributed by atoms with Crippen LogP contribution < -0.4 is 5.73 Å². The molecule has 3 nitrogen and oxygen atoms in total. The van der Waals surface area contributed by atoms with E-state index in [2.05, 4.69) is 0 Å². The lowest BCUT2D eigenvalue weighted by molar-refractivity contribution is -0.166. The lowest BCUT2D eigenvalue weighted by Crippen LogP contribution is -2.46. The fourth-order valence-electron chi connectivity index (χ4n) is 2.78. The van der Waals surface area contributed by atoms with Crippen LogP contribution in [0.15, 0.2) is 0 Å². The van der Waals surface area contributed by atoms with Gasteiger partial charge in [0.05, 0.1) is 0 Å². The maximum atomic E-state index is 12.7. The van der Waals surface area contributed by atoms with Gasteiger partial charge in [-0.1, -0.05) is 13.8 Å². The Hall–Kier alpha value is -0.780. The largest absolute Gasteiger partial charge is 0.406 e. The Morgan fingerprint density at radius 2 is 1.86 bits per heavy atom. The van der Waals surface area contributed by atoms with Crippen molar-refractivity contribution < 1.29 is 18.0 Å². The average molecular weight is 308 g/mol. The van der Waals surface area contributed by atoms with Crippen molar-refractivity contribution in [1.82, 2.24) is 4.90 Å². The number of carbonyl (C=O) groups is 1. The number of amides is 1. The van der Waals surface area contributed by atoms with Gasteiger partial charge in [0, 0.05) is 12.5 Å². The molecule has 21 heavy (non-hydrogen) atoms. The summed E-state index contributed by atoms with van der Waals surface area (Å²) in [6, 6.07) is -0.336. The molecule has 2 N–H and O–H groups in total. The van der Waals surface area contributed by atoms with Crippen molar-refractivity contribution in [1.29, 1.82) is 0 Å². The Balaban J connectivity index is 2.69. The summed E-state index contributed by atoms with van der Waals surface area (Å²) in [5.74, 6) is 0.142. The molecule has 0 aliphatic heterocycles. The number of rotatable bonds is 8. The summed E-state index contributed by atoms with van der Waals surface area (Å²) in [4.78, 5) is 13.3. The summed E-state index contributed by atoms with van der Waals surface area (Å²) in [6.07, 6.45) is -1.65. The molecule has 0 spiro atoms. The van der Waals surface area contributed by atoms with Gasteiger partial charge < -0.3 is 10.6 Å². The van der Waals surface area contributed by atoms with Crippen LogP contribution in [0.1, 0.15) is 46.5 Å². The second kappa shape index (κ2) is 7.47. The van der Waals surface area contributed by atoms with Crippen LogP contribution in [0.4, 0.5) is 13.2 Å². The predicted molar refractivity (Wildman–Crippen MR) is 76.6 cm³/mol. The SMILES string of the molecule is CC(C)CC(CN)CC(=O)N(CC(F)(F)F)C(C)C1CC1. The van der Waals surface area contributed by atoms with Crippen molar-refractivity contribution in [3.8, 4) is 0 Å². The van der Waals surface area contributed by atoms with E-state index in [1.54, 1.807) is 6.92 Å². The number of alkyl halides is 3. The molecule has 0 heterocycles. The average Bonchev–Trinajstić information content (AvgIpc) is 3.16. The van der Waals surface area contributed by atoms with E-state index in [0.29, 0.717) is 12.5 Å². The molecule has 0 aromatic heterocycles. The molecule has 1 aliphatic rings. The summed E-state index contributed by atoms with van der Waals surface area (Å²) >= 11 is 0. The van der Waals surface area contributed by atoms with E-state index in [-0.39, 0.29) is 24.3 Å². The smallest absolute Gasteiger partial charge is 0.331 e. The molecule has 0 aromatic rings. The highest BCUT2D eigenvalue weighted by Gasteiger charge is 2.40. The first-order valence-electron chi connectivity index (χ1n) is 7.70. The highest BCUT2D eigenvalue weighted by atomic mass is 19.4. The molecule has 0 aromatic carbocycles. The Labute approximate surface area is 125 Å². The number of hydrogen-bond acceptors (Lipinski definition) is 2. The fraction of sp³-hybridized carbons (Fsp3) is 0.933. The highest BCUT2D eigenvalue weighted by molar-refractivity contribution is 5.77. The number of nitrogens with zero attached hydrogens (tertiary/aromatic N) is 1. The lowest BCUT2D eigenvalue weighted by atomic mass is 9.93. The van der Waals surface area contributed by atoms with Crippen molar-refractivity contribution in [2.45, 2.75) is 58.7 Å². The van der Waals surface area contributed by atoms with Gasteiger partial charge in [0.15, 0.2) is 0 Å². The van der Waals surface area contributed by atoms with Crippen LogP contribution in [0.25, 0.3) is 0 Å². The van der Waals surface area contributed by atoms with Crippen LogP contribution >= 0.6 is 0 Å². The van der Waals surface area contributed by atoms with Gasteiger partial charge in [-0.3, -0.25) is 4.79 Å². The van der Waals surface area contributed by atoms with Gasteiger partial charge in [-0.15, -0.1) is 0 Å². The fourth-order valence-corrected chi connectivity index (χ4v) is 2.78. The zero-order chi connectivity index (χ0) is 16.2. The summed E-state index contributed by atoms with van der Waals surface area (Å²) < 4.78 is 38.2. The van der Waals surface area contributed by atoms with Crippen LogP contribution in [0.3, 0.4) is 0 Å². The number of halogens is 3. The zero-order valence-electron chi connectivity index (χ0n) is 13.1. The molecule has 1 aliphatic carbocycles. The van der Waals surface area contributed by atoms with E-state index >= 15 is 0 Å². The second-order valence-electron chi connectivity index (χ2n) is 6.65. The van der Waals surface area contributed by atoms with Gasteiger partial charge in [-0.2, -0.15) is 13.2 Å². The van der Waals surface area contributed by atoms with Gasteiger partial charge in [-0.25, -0.2) is 0 Å². The minimum absolute atomic E-state index is 0.0420. The molecule has 0 saturated heterocycles. The second-order valence-corrected chi connectivity index (χ2v) is 6.65. The van der Waals surface area contributed by atoms with Gasteiger partial charge in [0.1, 0.15) is 6.54 Å². The normalized spacial score (nSPS) is 18.7. The molecule has 124 valence electrons. The molecule has 6 heteroatoms. The van der Waals surface area contributed by atoms with E-state index in [9.17, 15) is 18.0 Å². The topological polar surface area (TPSA) is 46.3 Å². The van der Waals surface area contributed by atoms with Crippen LogP contribution in [0.5, 0.6) is 0 Å². The molecular formula is C15H27F3N2O. The van der Waals surface area contributed by atoms with E-state index < -0.39 is 18.6 Å². The van der Waals surface area contributed by atoms with Crippen molar-refractivity contribution in [2.24, 2.45) is 23.5 Å². The monoisotopic (exact) mass is 308 g/mol. The van der Waals surface area contributed by atoms with Gasteiger partial charge in [0.2, 0.25) is 5.91 Å². The third-order valence-electron chi connectivity index (χ3n) is 4.07. The van der Waals surface area contributed by atoms with Gasteiger partial charge in [-0.05, 0) is 50.5 Å². The maximum Gasteiger partial charge on any atom is 0.406 e. The Morgan fingerprint density at radius 3 is 2.24 bits per heavy atom. The van der Waals surface area contributed by atoms with E-state index in [1.807, 2.05) is 13.8 Å². The van der Waals surface area contributed by atoms with Crippen LogP contribution in [-0.2, 0) is 4.79 Å². The van der Waals surface area contributed by atoms with E-state index in [0.717, 1.165) is 24.2 Å². The van der Waals surface area contributed by atoms with Crippen molar-refractivity contribution >= 4 is 5.91 Å². The summed E-state index contributed by atoms with van der Waals surface area (Å²) in [5, 5.41) is 0. The van der Waals surface area contributed by atoms with Crippen LogP contribution in [0, 0.1) is 17.8 Å². The highest BCUT2D eigenvalue weighted by Crippen LogP contribution is 2.36. The van der Waals surface area contributed by atoms with E-state index in [1.165, 1.54) is 0 Å². The predicted octanol–water partition coefficient (Wildman–Crippen LogP) is 3.19. The van der Waals surface area contributed by atoms with Crippen molar-refractivity contribution in [3.63, 3.8) is 0 Å². The molecule has 2 unspecified atom stereocenters. The maximum absolute atomic E-state index is 12.7. The van der Waals surface area contributed by atoms with Crippen molar-refractivity contribution in [2.75, 3.05) is 13.1 Å². The van der Waals surface area contributed by atoms with Gasteiger partial charge >= 0.3 is 6.18 Å². The third kappa shape index (κ3) is 6.68. The molecule has 2 atom stereocenters. The molecule has 1 fully saturated rings. The third-order valence-corrected chi connectivity index (χ3v) is 4.07. The lowest BCUT2D eigenvalue weighted by Gasteiger charge is -2.31. The van der Waals surface area contributed by atoms with Crippen LogP contribution in [-0.4, -0.2) is 36.1 Å². The van der Waals surface area contributed by atoms with Gasteiger partial charge in [0.25, 0.3) is 0 Å². The number of hydrogen-bond donors (Lipinski definition) is 1. The number of carbonyl (C=O) groups excluding carboxylic acids is 1. The molecule has 1 rings (SSSR count). The van der Waals surface area contributed by atoms with Crippen LogP contribution in [0.2, 0.25) is 0 Å². The molecule has 0 radical (unpaired) electrons. The quantitative estimate of drug-likeness (QED) is 0.748. The summed E-state index contributed by atoms with van der Waals surface area (Å²) in [6.45, 7) is 4.95.